The van der Waals surface area contributed by atoms with Crippen molar-refractivity contribution < 1.29 is 24.2 Å². The van der Waals surface area contributed by atoms with Crippen molar-refractivity contribution in [2.24, 2.45) is 11.8 Å². The smallest absolute Gasteiger partial charge is 0.407 e. The average Bonchev–Trinajstić information content (AvgIpc) is 3.14. The Bertz CT molecular complexity index is 1020. The normalized spacial score (nSPS) is 15.0. The molecular weight excluding hydrogens is 444 g/mol. The summed E-state index contributed by atoms with van der Waals surface area (Å²) in [6.45, 7) is 7.61. The summed E-state index contributed by atoms with van der Waals surface area (Å²) in [6, 6.07) is 16.2. The number of hydrogen-bond donors (Lipinski definition) is 3. The summed E-state index contributed by atoms with van der Waals surface area (Å²) in [5, 5.41) is 15.0. The van der Waals surface area contributed by atoms with E-state index in [1.807, 2.05) is 45.0 Å². The quantitative estimate of drug-likeness (QED) is 0.422. The number of hydrogen-bond acceptors (Lipinski definition) is 4. The summed E-state index contributed by atoms with van der Waals surface area (Å²) < 4.78 is 5.58. The lowest BCUT2D eigenvalue weighted by molar-refractivity contribution is -0.148. The Morgan fingerprint density at radius 2 is 1.60 bits per heavy atom. The molecule has 188 valence electrons. The lowest BCUT2D eigenvalue weighted by Crippen LogP contribution is -2.55. The van der Waals surface area contributed by atoms with Crippen molar-refractivity contribution >= 4 is 18.0 Å². The van der Waals surface area contributed by atoms with E-state index >= 15 is 0 Å². The lowest BCUT2D eigenvalue weighted by atomic mass is 9.92. The van der Waals surface area contributed by atoms with Gasteiger partial charge >= 0.3 is 12.1 Å². The van der Waals surface area contributed by atoms with Crippen LogP contribution in [0.25, 0.3) is 11.1 Å². The monoisotopic (exact) mass is 480 g/mol. The van der Waals surface area contributed by atoms with E-state index < -0.39 is 23.5 Å². The zero-order valence-corrected chi connectivity index (χ0v) is 21.0. The molecule has 0 radical (unpaired) electrons. The van der Waals surface area contributed by atoms with Gasteiger partial charge in [0.1, 0.15) is 12.1 Å². The van der Waals surface area contributed by atoms with Gasteiger partial charge in [-0.25, -0.2) is 9.59 Å². The highest BCUT2D eigenvalue weighted by atomic mass is 16.5. The number of nitrogens with one attached hydrogen (secondary N) is 2. The second kappa shape index (κ2) is 11.4. The fraction of sp³-hybridized carbons (Fsp3) is 0.464. The molecule has 35 heavy (non-hydrogen) atoms. The number of rotatable bonds is 11. The first-order chi connectivity index (χ1) is 16.7. The number of fused-ring (bicyclic) bond motifs is 3. The molecule has 7 nitrogen and oxygen atoms in total. The number of carbonyl (C=O) groups is 3. The minimum Gasteiger partial charge on any atom is -0.480 e. The van der Waals surface area contributed by atoms with Gasteiger partial charge in [0.15, 0.2) is 0 Å². The highest BCUT2D eigenvalue weighted by Crippen LogP contribution is 2.44. The van der Waals surface area contributed by atoms with Crippen LogP contribution in [-0.4, -0.2) is 41.8 Å². The minimum absolute atomic E-state index is 0.0479. The van der Waals surface area contributed by atoms with Gasteiger partial charge in [-0.1, -0.05) is 75.7 Å². The first kappa shape index (κ1) is 26.3. The van der Waals surface area contributed by atoms with Gasteiger partial charge in [0.2, 0.25) is 5.91 Å². The van der Waals surface area contributed by atoms with Crippen LogP contribution in [0.15, 0.2) is 48.5 Å². The Morgan fingerprint density at radius 3 is 2.11 bits per heavy atom. The molecule has 0 heterocycles. The Labute approximate surface area is 207 Å². The van der Waals surface area contributed by atoms with Crippen LogP contribution in [0.2, 0.25) is 0 Å². The van der Waals surface area contributed by atoms with Crippen LogP contribution in [0.1, 0.15) is 64.0 Å². The molecule has 0 aliphatic heterocycles. The molecule has 3 N–H and O–H groups in total. The molecule has 1 aliphatic rings. The lowest BCUT2D eigenvalue weighted by Gasteiger charge is -2.29. The summed E-state index contributed by atoms with van der Waals surface area (Å²) >= 11 is 0. The molecule has 0 bridgehead atoms. The maximum Gasteiger partial charge on any atom is 0.407 e. The van der Waals surface area contributed by atoms with Gasteiger partial charge < -0.3 is 20.5 Å². The Balaban J connectivity index is 1.61. The van der Waals surface area contributed by atoms with E-state index in [-0.39, 0.29) is 30.9 Å². The van der Waals surface area contributed by atoms with Crippen LogP contribution < -0.4 is 10.6 Å². The predicted molar refractivity (Wildman–Crippen MR) is 135 cm³/mol. The van der Waals surface area contributed by atoms with Crippen LogP contribution in [0.4, 0.5) is 4.79 Å². The summed E-state index contributed by atoms with van der Waals surface area (Å²) in [7, 11) is 0. The third-order valence-corrected chi connectivity index (χ3v) is 6.58. The summed E-state index contributed by atoms with van der Waals surface area (Å²) in [6.07, 6.45) is 0.859. The first-order valence-electron chi connectivity index (χ1n) is 12.3. The van der Waals surface area contributed by atoms with Crippen LogP contribution in [0.3, 0.4) is 0 Å². The van der Waals surface area contributed by atoms with Crippen LogP contribution in [0, 0.1) is 11.8 Å². The molecule has 3 rings (SSSR count). The zero-order chi connectivity index (χ0) is 25.6. The van der Waals surface area contributed by atoms with Crippen LogP contribution in [-0.2, 0) is 14.3 Å². The molecule has 2 aromatic carbocycles. The zero-order valence-electron chi connectivity index (χ0n) is 21.0. The van der Waals surface area contributed by atoms with E-state index in [4.69, 9.17) is 4.74 Å². The van der Waals surface area contributed by atoms with E-state index in [1.54, 1.807) is 0 Å². The van der Waals surface area contributed by atoms with E-state index in [1.165, 1.54) is 6.92 Å². The SMILES string of the molecule is CCCC(C)(NC(=O)C(CNC(=O)OCC1c2ccccc2-c2ccccc21)CC(C)C)C(=O)O. The molecule has 0 saturated heterocycles. The number of carbonyl (C=O) groups excluding carboxylic acids is 2. The highest BCUT2D eigenvalue weighted by Gasteiger charge is 2.36. The number of benzene rings is 2. The predicted octanol–water partition coefficient (Wildman–Crippen LogP) is 4.95. The topological polar surface area (TPSA) is 105 Å². The van der Waals surface area contributed by atoms with Crippen LogP contribution >= 0.6 is 0 Å². The largest absolute Gasteiger partial charge is 0.480 e. The molecule has 0 saturated carbocycles. The van der Waals surface area contributed by atoms with Crippen molar-refractivity contribution in [1.29, 1.82) is 0 Å². The molecule has 2 amide bonds. The molecule has 1 aliphatic carbocycles. The molecule has 2 unspecified atom stereocenters. The molecule has 0 spiro atoms. The maximum absolute atomic E-state index is 13.0. The maximum atomic E-state index is 13.0. The Morgan fingerprint density at radius 1 is 1.03 bits per heavy atom. The number of carboxylic acid groups (broad SMARTS) is 1. The number of alkyl carbamates (subject to hydrolysis) is 1. The van der Waals surface area contributed by atoms with E-state index in [9.17, 15) is 19.5 Å². The van der Waals surface area contributed by atoms with Gasteiger partial charge in [-0.05, 0) is 47.9 Å². The number of carboxylic acids is 1. The van der Waals surface area contributed by atoms with Crippen LogP contribution in [0.5, 0.6) is 0 Å². The van der Waals surface area contributed by atoms with Gasteiger partial charge in [-0.15, -0.1) is 0 Å². The summed E-state index contributed by atoms with van der Waals surface area (Å²) in [4.78, 5) is 37.3. The third kappa shape index (κ3) is 6.21. The molecule has 0 fully saturated rings. The van der Waals surface area contributed by atoms with Crippen molar-refractivity contribution in [3.05, 3.63) is 59.7 Å². The summed E-state index contributed by atoms with van der Waals surface area (Å²) in [5.74, 6) is -1.87. The average molecular weight is 481 g/mol. The third-order valence-electron chi connectivity index (χ3n) is 6.58. The van der Waals surface area contributed by atoms with Crippen molar-refractivity contribution in [1.82, 2.24) is 10.6 Å². The number of amides is 2. The summed E-state index contributed by atoms with van der Waals surface area (Å²) in [5.41, 5.74) is 3.22. The fourth-order valence-electron chi connectivity index (χ4n) is 4.80. The standard InChI is InChI=1S/C28H36N2O5/c1-5-14-28(4,26(32)33)30-25(31)19(15-18(2)3)16-29-27(34)35-17-24-22-12-8-6-10-20(22)21-11-7-9-13-23(21)24/h6-13,18-19,24H,5,14-17H2,1-4H3,(H,29,34)(H,30,31)(H,32,33). The fourth-order valence-corrected chi connectivity index (χ4v) is 4.80. The van der Waals surface area contributed by atoms with Gasteiger partial charge in [-0.2, -0.15) is 0 Å². The molecule has 2 atom stereocenters. The molecule has 0 aromatic heterocycles. The van der Waals surface area contributed by atoms with Gasteiger partial charge in [0.05, 0.1) is 5.92 Å². The minimum atomic E-state index is -1.34. The molecular formula is C28H36N2O5. The van der Waals surface area contributed by atoms with E-state index in [2.05, 4.69) is 34.9 Å². The second-order valence-electron chi connectivity index (χ2n) is 9.91. The van der Waals surface area contributed by atoms with Crippen molar-refractivity contribution in [3.63, 3.8) is 0 Å². The van der Waals surface area contributed by atoms with Crippen molar-refractivity contribution in [2.75, 3.05) is 13.2 Å². The van der Waals surface area contributed by atoms with E-state index in [0.717, 1.165) is 22.3 Å². The van der Waals surface area contributed by atoms with Gasteiger partial charge in [-0.3, -0.25) is 4.79 Å². The second-order valence-corrected chi connectivity index (χ2v) is 9.91. The number of ether oxygens (including phenoxy) is 1. The van der Waals surface area contributed by atoms with Crippen molar-refractivity contribution in [3.8, 4) is 11.1 Å². The van der Waals surface area contributed by atoms with Gasteiger partial charge in [0.25, 0.3) is 0 Å². The number of aliphatic carboxylic acids is 1. The first-order valence-corrected chi connectivity index (χ1v) is 12.3. The van der Waals surface area contributed by atoms with E-state index in [0.29, 0.717) is 19.3 Å². The molecule has 2 aromatic rings. The van der Waals surface area contributed by atoms with Gasteiger partial charge in [0, 0.05) is 12.5 Å². The Kier molecular flexibility index (Phi) is 8.54. The highest BCUT2D eigenvalue weighted by molar-refractivity contribution is 5.88. The Hall–Kier alpha value is -3.35. The molecule has 7 heteroatoms. The van der Waals surface area contributed by atoms with Crippen molar-refractivity contribution in [2.45, 2.75) is 58.4 Å².